The lowest BCUT2D eigenvalue weighted by Gasteiger charge is -2.23. The van der Waals surface area contributed by atoms with Crippen molar-refractivity contribution in [2.24, 2.45) is 5.92 Å². The van der Waals surface area contributed by atoms with Gasteiger partial charge in [-0.1, -0.05) is 36.9 Å². The highest BCUT2D eigenvalue weighted by Crippen LogP contribution is 2.31. The van der Waals surface area contributed by atoms with E-state index in [1.54, 1.807) is 12.3 Å². The first-order valence-corrected chi connectivity index (χ1v) is 11.0. The molecule has 3 aromatic rings. The zero-order valence-electron chi connectivity index (χ0n) is 16.5. The van der Waals surface area contributed by atoms with Gasteiger partial charge in [0.1, 0.15) is 5.65 Å². The van der Waals surface area contributed by atoms with Crippen LogP contribution in [0.4, 0.5) is 5.95 Å². The Morgan fingerprint density at radius 1 is 1.21 bits per heavy atom. The van der Waals surface area contributed by atoms with Gasteiger partial charge in [0.05, 0.1) is 0 Å². The van der Waals surface area contributed by atoms with Crippen molar-refractivity contribution in [1.82, 2.24) is 14.5 Å². The van der Waals surface area contributed by atoms with Crippen molar-refractivity contribution in [3.63, 3.8) is 0 Å². The van der Waals surface area contributed by atoms with Crippen molar-refractivity contribution in [2.75, 3.05) is 11.9 Å². The summed E-state index contributed by atoms with van der Waals surface area (Å²) >= 11 is 10.8. The Morgan fingerprint density at radius 2 is 2.00 bits per heavy atom. The first kappa shape index (κ1) is 20.2. The van der Waals surface area contributed by atoms with E-state index in [4.69, 9.17) is 11.6 Å². The third kappa shape index (κ3) is 4.28. The third-order valence-corrected chi connectivity index (χ3v) is 6.16. The molecule has 152 valence electrons. The van der Waals surface area contributed by atoms with Crippen LogP contribution in [0.2, 0.25) is 5.02 Å². The number of hydrogen-bond donors (Lipinski definition) is 2. The van der Waals surface area contributed by atoms with Crippen molar-refractivity contribution in [1.29, 1.82) is 0 Å². The van der Waals surface area contributed by atoms with Crippen LogP contribution in [0.15, 0.2) is 40.2 Å². The SMILES string of the molecule is CCNc1ncc2cc(-c3ccc(S)cc3Cl)c(=O)n(CC3CCCCC3)c2n1. The van der Waals surface area contributed by atoms with E-state index in [0.717, 1.165) is 29.7 Å². The molecule has 0 saturated heterocycles. The summed E-state index contributed by atoms with van der Waals surface area (Å²) in [4.78, 5) is 23.4. The summed E-state index contributed by atoms with van der Waals surface area (Å²) in [5.41, 5.74) is 1.91. The number of anilines is 1. The van der Waals surface area contributed by atoms with Gasteiger partial charge >= 0.3 is 0 Å². The van der Waals surface area contributed by atoms with Gasteiger partial charge in [0, 0.05) is 45.7 Å². The summed E-state index contributed by atoms with van der Waals surface area (Å²) < 4.78 is 1.83. The molecule has 1 saturated carbocycles. The normalized spacial score (nSPS) is 15.0. The summed E-state index contributed by atoms with van der Waals surface area (Å²) in [5.74, 6) is 1.04. The number of benzene rings is 1. The zero-order chi connectivity index (χ0) is 20.4. The molecule has 29 heavy (non-hydrogen) atoms. The number of pyridine rings is 1. The molecule has 0 atom stereocenters. The van der Waals surface area contributed by atoms with Gasteiger partial charge in [-0.15, -0.1) is 12.6 Å². The van der Waals surface area contributed by atoms with Crippen LogP contribution >= 0.6 is 24.2 Å². The second-order valence-corrected chi connectivity index (χ2v) is 8.57. The van der Waals surface area contributed by atoms with E-state index < -0.39 is 0 Å². The lowest BCUT2D eigenvalue weighted by molar-refractivity contribution is 0.319. The Morgan fingerprint density at radius 3 is 2.72 bits per heavy atom. The van der Waals surface area contributed by atoms with Crippen LogP contribution in [-0.4, -0.2) is 21.1 Å². The van der Waals surface area contributed by atoms with E-state index in [2.05, 4.69) is 27.9 Å². The van der Waals surface area contributed by atoms with Crippen LogP contribution in [0.5, 0.6) is 0 Å². The van der Waals surface area contributed by atoms with E-state index >= 15 is 0 Å². The quantitative estimate of drug-likeness (QED) is 0.533. The molecule has 0 unspecified atom stereocenters. The second kappa shape index (κ2) is 8.76. The lowest BCUT2D eigenvalue weighted by Crippen LogP contribution is -2.27. The Hall–Kier alpha value is -2.05. The van der Waals surface area contributed by atoms with Crippen molar-refractivity contribution in [2.45, 2.75) is 50.5 Å². The summed E-state index contributed by atoms with van der Waals surface area (Å²) in [7, 11) is 0. The Kier molecular flexibility index (Phi) is 6.11. The molecule has 0 aliphatic heterocycles. The van der Waals surface area contributed by atoms with Crippen LogP contribution in [0.3, 0.4) is 0 Å². The number of hydrogen-bond acceptors (Lipinski definition) is 5. The minimum atomic E-state index is -0.0574. The molecule has 7 heteroatoms. The van der Waals surface area contributed by atoms with Gasteiger partial charge in [-0.05, 0) is 43.9 Å². The maximum absolute atomic E-state index is 13.6. The molecule has 2 aromatic heterocycles. The molecule has 1 aliphatic carbocycles. The number of aromatic nitrogens is 3. The molecule has 0 radical (unpaired) electrons. The van der Waals surface area contributed by atoms with Gasteiger partial charge in [0.15, 0.2) is 0 Å². The van der Waals surface area contributed by atoms with E-state index in [1.807, 2.05) is 29.7 Å². The van der Waals surface area contributed by atoms with Gasteiger partial charge in [0.2, 0.25) is 5.95 Å². The number of rotatable bonds is 5. The number of nitrogens with one attached hydrogen (secondary N) is 1. The number of nitrogens with zero attached hydrogens (tertiary/aromatic N) is 3. The Balaban J connectivity index is 1.90. The molecule has 1 N–H and O–H groups in total. The van der Waals surface area contributed by atoms with E-state index in [0.29, 0.717) is 40.2 Å². The van der Waals surface area contributed by atoms with Gasteiger partial charge in [0.25, 0.3) is 5.56 Å². The summed E-state index contributed by atoms with van der Waals surface area (Å²) in [6.07, 6.45) is 7.82. The van der Waals surface area contributed by atoms with Crippen LogP contribution in [0.1, 0.15) is 39.0 Å². The number of halogens is 1. The topological polar surface area (TPSA) is 59.8 Å². The van der Waals surface area contributed by atoms with Crippen LogP contribution < -0.4 is 10.9 Å². The predicted octanol–water partition coefficient (Wildman–Crippen LogP) is 5.41. The fourth-order valence-electron chi connectivity index (χ4n) is 4.11. The average Bonchev–Trinajstić information content (AvgIpc) is 2.72. The predicted molar refractivity (Wildman–Crippen MR) is 122 cm³/mol. The first-order chi connectivity index (χ1) is 14.1. The highest BCUT2D eigenvalue weighted by Gasteiger charge is 2.20. The molecule has 0 amide bonds. The van der Waals surface area contributed by atoms with Crippen molar-refractivity contribution in [3.05, 3.63) is 45.8 Å². The van der Waals surface area contributed by atoms with Crippen LogP contribution in [0, 0.1) is 5.92 Å². The van der Waals surface area contributed by atoms with E-state index in [-0.39, 0.29) is 5.56 Å². The average molecular weight is 429 g/mol. The Labute approximate surface area is 180 Å². The maximum Gasteiger partial charge on any atom is 0.260 e. The van der Waals surface area contributed by atoms with Crippen molar-refractivity contribution < 1.29 is 0 Å². The molecule has 0 bridgehead atoms. The molecular weight excluding hydrogens is 404 g/mol. The van der Waals surface area contributed by atoms with Crippen LogP contribution in [-0.2, 0) is 6.54 Å². The number of fused-ring (bicyclic) bond motifs is 1. The standard InChI is InChI=1S/C22H25ClN4OS/c1-2-24-22-25-12-15-10-18(17-9-8-16(29)11-19(17)23)21(28)27(20(15)26-22)13-14-6-4-3-5-7-14/h8-12,14,29H,2-7,13H2,1H3,(H,24,25,26). The monoisotopic (exact) mass is 428 g/mol. The molecule has 1 aliphatic rings. The largest absolute Gasteiger partial charge is 0.354 e. The molecule has 2 heterocycles. The smallest absolute Gasteiger partial charge is 0.260 e. The maximum atomic E-state index is 13.6. The Bertz CT molecular complexity index is 1090. The van der Waals surface area contributed by atoms with Crippen LogP contribution in [0.25, 0.3) is 22.2 Å². The van der Waals surface area contributed by atoms with Gasteiger partial charge in [-0.2, -0.15) is 4.98 Å². The summed E-state index contributed by atoms with van der Waals surface area (Å²) in [6.45, 7) is 3.40. The molecule has 0 spiro atoms. The molecule has 4 rings (SSSR count). The zero-order valence-corrected chi connectivity index (χ0v) is 18.1. The van der Waals surface area contributed by atoms with Gasteiger partial charge in [-0.25, -0.2) is 4.98 Å². The molecule has 1 aromatic carbocycles. The summed E-state index contributed by atoms with van der Waals surface area (Å²) in [6, 6.07) is 7.32. The van der Waals surface area contributed by atoms with Crippen molar-refractivity contribution >= 4 is 41.2 Å². The van der Waals surface area contributed by atoms with Crippen molar-refractivity contribution in [3.8, 4) is 11.1 Å². The first-order valence-electron chi connectivity index (χ1n) is 10.2. The fraction of sp³-hybridized carbons (Fsp3) is 0.409. The highest BCUT2D eigenvalue weighted by atomic mass is 35.5. The fourth-order valence-corrected chi connectivity index (χ4v) is 4.68. The second-order valence-electron chi connectivity index (χ2n) is 7.64. The van der Waals surface area contributed by atoms with Gasteiger partial charge in [-0.3, -0.25) is 9.36 Å². The lowest BCUT2D eigenvalue weighted by atomic mass is 9.89. The minimum absolute atomic E-state index is 0.0574. The van der Waals surface area contributed by atoms with Gasteiger partial charge < -0.3 is 5.32 Å². The molecule has 1 fully saturated rings. The van der Waals surface area contributed by atoms with E-state index in [9.17, 15) is 4.79 Å². The highest BCUT2D eigenvalue weighted by molar-refractivity contribution is 7.80. The molecular formula is C22H25ClN4OS. The third-order valence-electron chi connectivity index (χ3n) is 5.57. The van der Waals surface area contributed by atoms with E-state index in [1.165, 1.54) is 19.3 Å². The summed E-state index contributed by atoms with van der Waals surface area (Å²) in [5, 5.41) is 4.50. The molecule has 5 nitrogen and oxygen atoms in total. The minimum Gasteiger partial charge on any atom is -0.354 e. The number of thiol groups is 1.